The van der Waals surface area contributed by atoms with E-state index in [4.69, 9.17) is 9.47 Å². The van der Waals surface area contributed by atoms with E-state index in [0.717, 1.165) is 19.3 Å². The molecule has 1 fully saturated rings. The number of hydrogen-bond donors (Lipinski definition) is 0. The minimum Gasteiger partial charge on any atom is -0.424 e. The van der Waals surface area contributed by atoms with Gasteiger partial charge in [-0.1, -0.05) is 13.3 Å². The molecule has 6 heteroatoms. The van der Waals surface area contributed by atoms with Gasteiger partial charge in [0.15, 0.2) is 23.6 Å². The third kappa shape index (κ3) is 3.30. The van der Waals surface area contributed by atoms with Crippen LogP contribution >= 0.6 is 0 Å². The molecule has 1 saturated heterocycles. The van der Waals surface area contributed by atoms with Crippen molar-refractivity contribution < 1.29 is 27.4 Å². The van der Waals surface area contributed by atoms with Gasteiger partial charge in [0.1, 0.15) is 5.75 Å². The Kier molecular flexibility index (Phi) is 4.65. The fourth-order valence-corrected chi connectivity index (χ4v) is 2.19. The highest BCUT2D eigenvalue weighted by atomic mass is 19.2. The summed E-state index contributed by atoms with van der Waals surface area (Å²) in [7, 11) is 0. The molecular formula is C14H15F3O3. The predicted molar refractivity (Wildman–Crippen MR) is 64.8 cm³/mol. The second kappa shape index (κ2) is 6.26. The van der Waals surface area contributed by atoms with Crippen molar-refractivity contribution in [2.24, 2.45) is 0 Å². The number of halogens is 3. The van der Waals surface area contributed by atoms with E-state index in [0.29, 0.717) is 18.6 Å². The highest BCUT2D eigenvalue weighted by Gasteiger charge is 2.31. The first-order chi connectivity index (χ1) is 9.51. The van der Waals surface area contributed by atoms with Gasteiger partial charge in [-0.15, -0.1) is 0 Å². The molecule has 0 radical (unpaired) electrons. The third-order valence-corrected chi connectivity index (χ3v) is 3.16. The standard InChI is InChI=1S/C14H15F3O3/c1-2-3-8-4-5-12(19-8)14(18)20-9-6-10(15)13(17)11(16)7-9/h6-8,12H,2-5H2,1H3. The summed E-state index contributed by atoms with van der Waals surface area (Å²) in [5, 5.41) is 0. The third-order valence-electron chi connectivity index (χ3n) is 3.16. The number of carbonyl (C=O) groups is 1. The van der Waals surface area contributed by atoms with Crippen molar-refractivity contribution in [2.45, 2.75) is 44.8 Å². The lowest BCUT2D eigenvalue weighted by Crippen LogP contribution is -2.26. The van der Waals surface area contributed by atoms with Crippen LogP contribution in [0, 0.1) is 17.5 Å². The second-order valence-corrected chi connectivity index (χ2v) is 4.73. The molecule has 1 aliphatic heterocycles. The molecule has 0 saturated carbocycles. The van der Waals surface area contributed by atoms with Crippen LogP contribution in [0.25, 0.3) is 0 Å². The summed E-state index contributed by atoms with van der Waals surface area (Å²) < 4.78 is 49.1. The summed E-state index contributed by atoms with van der Waals surface area (Å²) in [5.74, 6) is -5.47. The van der Waals surface area contributed by atoms with E-state index in [1.165, 1.54) is 0 Å². The van der Waals surface area contributed by atoms with Gasteiger partial charge in [0.25, 0.3) is 0 Å². The highest BCUT2D eigenvalue weighted by Crippen LogP contribution is 2.25. The van der Waals surface area contributed by atoms with E-state index in [1.54, 1.807) is 0 Å². The van der Waals surface area contributed by atoms with Crippen LogP contribution in [0.1, 0.15) is 32.6 Å². The number of carbonyl (C=O) groups excluding carboxylic acids is 1. The number of esters is 1. The molecule has 3 nitrogen and oxygen atoms in total. The molecule has 0 aromatic heterocycles. The van der Waals surface area contributed by atoms with Gasteiger partial charge in [0, 0.05) is 12.1 Å². The Labute approximate surface area is 114 Å². The molecule has 1 aromatic carbocycles. The zero-order chi connectivity index (χ0) is 14.7. The van der Waals surface area contributed by atoms with E-state index in [2.05, 4.69) is 0 Å². The van der Waals surface area contributed by atoms with Gasteiger partial charge in [0.2, 0.25) is 0 Å². The van der Waals surface area contributed by atoms with E-state index in [9.17, 15) is 18.0 Å². The van der Waals surface area contributed by atoms with Crippen LogP contribution in [0.2, 0.25) is 0 Å². The van der Waals surface area contributed by atoms with Crippen molar-refractivity contribution in [2.75, 3.05) is 0 Å². The Bertz CT molecular complexity index is 481. The number of hydrogen-bond acceptors (Lipinski definition) is 3. The summed E-state index contributed by atoms with van der Waals surface area (Å²) in [6, 6.07) is 1.27. The summed E-state index contributed by atoms with van der Waals surface area (Å²) >= 11 is 0. The number of ether oxygens (including phenoxy) is 2. The van der Waals surface area contributed by atoms with Gasteiger partial charge in [-0.25, -0.2) is 18.0 Å². The predicted octanol–water partition coefficient (Wildman–Crippen LogP) is 3.36. The maximum Gasteiger partial charge on any atom is 0.340 e. The van der Waals surface area contributed by atoms with Gasteiger partial charge in [-0.3, -0.25) is 0 Å². The molecule has 0 N–H and O–H groups in total. The Morgan fingerprint density at radius 1 is 1.30 bits per heavy atom. The molecular weight excluding hydrogens is 273 g/mol. The molecule has 110 valence electrons. The van der Waals surface area contributed by atoms with Crippen molar-refractivity contribution in [1.29, 1.82) is 0 Å². The number of benzene rings is 1. The minimum atomic E-state index is -1.59. The van der Waals surface area contributed by atoms with Crippen LogP contribution in [0.4, 0.5) is 13.2 Å². The summed E-state index contributed by atoms with van der Waals surface area (Å²) in [6.07, 6.45) is 2.33. The van der Waals surface area contributed by atoms with Crippen LogP contribution in [0.5, 0.6) is 5.75 Å². The van der Waals surface area contributed by atoms with Crippen LogP contribution < -0.4 is 4.74 Å². The normalized spacial score (nSPS) is 22.0. The van der Waals surface area contributed by atoms with Crippen LogP contribution in [0.3, 0.4) is 0 Å². The first-order valence-electron chi connectivity index (χ1n) is 6.53. The fourth-order valence-electron chi connectivity index (χ4n) is 2.19. The lowest BCUT2D eigenvalue weighted by Gasteiger charge is -2.12. The average molecular weight is 288 g/mol. The van der Waals surface area contributed by atoms with Crippen molar-refractivity contribution >= 4 is 5.97 Å². The molecule has 2 atom stereocenters. The van der Waals surface area contributed by atoms with E-state index < -0.39 is 29.5 Å². The van der Waals surface area contributed by atoms with Crippen LogP contribution in [-0.2, 0) is 9.53 Å². The summed E-state index contributed by atoms with van der Waals surface area (Å²) in [5.41, 5.74) is 0. The maximum atomic E-state index is 13.0. The first-order valence-corrected chi connectivity index (χ1v) is 6.53. The van der Waals surface area contributed by atoms with E-state index in [-0.39, 0.29) is 11.9 Å². The van der Waals surface area contributed by atoms with E-state index in [1.807, 2.05) is 6.92 Å². The molecule has 0 bridgehead atoms. The Balaban J connectivity index is 1.98. The van der Waals surface area contributed by atoms with Gasteiger partial charge < -0.3 is 9.47 Å². The Morgan fingerprint density at radius 2 is 1.95 bits per heavy atom. The fraction of sp³-hybridized carbons (Fsp3) is 0.500. The first kappa shape index (κ1) is 14.8. The summed E-state index contributed by atoms with van der Waals surface area (Å²) in [4.78, 5) is 11.8. The van der Waals surface area contributed by atoms with Crippen molar-refractivity contribution in [3.63, 3.8) is 0 Å². The van der Waals surface area contributed by atoms with Gasteiger partial charge in [-0.2, -0.15) is 0 Å². The average Bonchev–Trinajstić information content (AvgIpc) is 2.85. The van der Waals surface area contributed by atoms with Crippen molar-refractivity contribution in [1.82, 2.24) is 0 Å². The lowest BCUT2D eigenvalue weighted by atomic mass is 10.1. The van der Waals surface area contributed by atoms with E-state index >= 15 is 0 Å². The van der Waals surface area contributed by atoms with Crippen LogP contribution in [-0.4, -0.2) is 18.2 Å². The zero-order valence-electron chi connectivity index (χ0n) is 11.0. The molecule has 2 unspecified atom stereocenters. The second-order valence-electron chi connectivity index (χ2n) is 4.73. The molecule has 0 amide bonds. The molecule has 0 aliphatic carbocycles. The monoisotopic (exact) mass is 288 g/mol. The molecule has 1 aliphatic rings. The van der Waals surface area contributed by atoms with Gasteiger partial charge >= 0.3 is 5.97 Å². The topological polar surface area (TPSA) is 35.5 Å². The Hall–Kier alpha value is -1.56. The SMILES string of the molecule is CCCC1CCC(C(=O)Oc2cc(F)c(F)c(F)c2)O1. The lowest BCUT2D eigenvalue weighted by molar-refractivity contribution is -0.146. The molecule has 1 heterocycles. The quantitative estimate of drug-likeness (QED) is 0.484. The van der Waals surface area contributed by atoms with Crippen molar-refractivity contribution in [3.8, 4) is 5.75 Å². The zero-order valence-corrected chi connectivity index (χ0v) is 11.0. The number of rotatable bonds is 4. The molecule has 0 spiro atoms. The molecule has 1 aromatic rings. The van der Waals surface area contributed by atoms with Gasteiger partial charge in [0.05, 0.1) is 6.10 Å². The molecule has 2 rings (SSSR count). The summed E-state index contributed by atoms with van der Waals surface area (Å²) in [6.45, 7) is 2.01. The van der Waals surface area contributed by atoms with Crippen molar-refractivity contribution in [3.05, 3.63) is 29.6 Å². The Morgan fingerprint density at radius 3 is 2.55 bits per heavy atom. The smallest absolute Gasteiger partial charge is 0.340 e. The highest BCUT2D eigenvalue weighted by molar-refractivity contribution is 5.77. The maximum absolute atomic E-state index is 13.0. The molecule has 20 heavy (non-hydrogen) atoms. The largest absolute Gasteiger partial charge is 0.424 e. The minimum absolute atomic E-state index is 0.0132. The van der Waals surface area contributed by atoms with Gasteiger partial charge in [-0.05, 0) is 19.3 Å². The van der Waals surface area contributed by atoms with Crippen LogP contribution in [0.15, 0.2) is 12.1 Å².